The molecule has 0 unspecified atom stereocenters. The third-order valence-electron chi connectivity index (χ3n) is 3.67. The molecule has 1 fully saturated rings. The Morgan fingerprint density at radius 2 is 1.86 bits per heavy atom. The Balaban J connectivity index is 2.63. The van der Waals surface area contributed by atoms with Crippen LogP contribution in [0.3, 0.4) is 0 Å². The normalized spacial score (nSPS) is 20.6. The number of carbonyl (C=O) groups excluding carboxylic acids is 3. The molecular weight excluding hydrogens is 284 g/mol. The number of nitrogens with zero attached hydrogens (tertiary/aromatic N) is 1. The molecule has 7 heteroatoms. The molecule has 1 heterocycles. The van der Waals surface area contributed by atoms with E-state index in [-0.39, 0.29) is 17.7 Å². The van der Waals surface area contributed by atoms with E-state index >= 15 is 0 Å². The third-order valence-corrected chi connectivity index (χ3v) is 3.67. The monoisotopic (exact) mass is 312 g/mol. The Morgan fingerprint density at radius 3 is 2.41 bits per heavy atom. The largest absolute Gasteiger partial charge is 0.354 e. The number of amides is 3. The summed E-state index contributed by atoms with van der Waals surface area (Å²) < 4.78 is 0. The van der Waals surface area contributed by atoms with E-state index in [1.54, 1.807) is 18.7 Å². The van der Waals surface area contributed by atoms with E-state index in [1.807, 2.05) is 13.8 Å². The molecule has 0 aromatic rings. The fraction of sp³-hybridized carbons (Fsp3) is 0.800. The highest BCUT2D eigenvalue weighted by Crippen LogP contribution is 2.18. The summed E-state index contributed by atoms with van der Waals surface area (Å²) in [5, 5.41) is 5.45. The molecule has 0 bridgehead atoms. The maximum Gasteiger partial charge on any atom is 0.245 e. The van der Waals surface area contributed by atoms with Gasteiger partial charge < -0.3 is 21.3 Å². The van der Waals surface area contributed by atoms with Crippen molar-refractivity contribution < 1.29 is 14.4 Å². The number of hydrogen-bond donors (Lipinski definition) is 3. The van der Waals surface area contributed by atoms with E-state index in [1.165, 1.54) is 0 Å². The van der Waals surface area contributed by atoms with Crippen molar-refractivity contribution in [2.75, 3.05) is 13.1 Å². The summed E-state index contributed by atoms with van der Waals surface area (Å²) in [7, 11) is 0. The summed E-state index contributed by atoms with van der Waals surface area (Å²) in [6.07, 6.45) is 1.45. The quantitative estimate of drug-likeness (QED) is 0.621. The Kier molecular flexibility index (Phi) is 6.80. The number of likely N-dealkylation sites (tertiary alicyclic amines) is 1. The van der Waals surface area contributed by atoms with Gasteiger partial charge in [0.1, 0.15) is 12.1 Å². The Bertz CT molecular complexity index is 423. The van der Waals surface area contributed by atoms with E-state index in [0.717, 1.165) is 6.42 Å². The lowest BCUT2D eigenvalue weighted by Gasteiger charge is -2.27. The summed E-state index contributed by atoms with van der Waals surface area (Å²) in [5.41, 5.74) is 5.48. The van der Waals surface area contributed by atoms with E-state index < -0.39 is 18.1 Å². The first kappa shape index (κ1) is 18.4. The zero-order valence-corrected chi connectivity index (χ0v) is 13.9. The van der Waals surface area contributed by atoms with Gasteiger partial charge in [-0.2, -0.15) is 0 Å². The highest BCUT2D eigenvalue weighted by atomic mass is 16.2. The molecule has 0 saturated carbocycles. The zero-order valence-electron chi connectivity index (χ0n) is 13.9. The highest BCUT2D eigenvalue weighted by Gasteiger charge is 2.36. The maximum atomic E-state index is 12.4. The molecule has 3 atom stereocenters. The van der Waals surface area contributed by atoms with Crippen molar-refractivity contribution in [3.05, 3.63) is 0 Å². The van der Waals surface area contributed by atoms with Crippen molar-refractivity contribution in [3.8, 4) is 0 Å². The predicted octanol–water partition coefficient (Wildman–Crippen LogP) is -0.398. The Hall–Kier alpha value is -1.63. The molecule has 0 spiro atoms. The van der Waals surface area contributed by atoms with Crippen LogP contribution in [0.1, 0.15) is 40.5 Å². The second-order valence-corrected chi connectivity index (χ2v) is 6.35. The standard InChI is InChI=1S/C15H28N4O3/c1-9(2)8-17-14(21)12-6-5-7-19(12)15(22)11(4)18-13(20)10(3)16/h9-12H,5-8,16H2,1-4H3,(H,17,21)(H,18,20)/t10-,11-,12-/m0/s1. The number of rotatable bonds is 6. The van der Waals surface area contributed by atoms with Crippen molar-refractivity contribution in [3.63, 3.8) is 0 Å². The van der Waals surface area contributed by atoms with Gasteiger partial charge in [-0.25, -0.2) is 0 Å². The first-order valence-electron chi connectivity index (χ1n) is 7.88. The molecule has 0 aromatic heterocycles. The Labute approximate surface area is 132 Å². The van der Waals surface area contributed by atoms with Gasteiger partial charge in [0.15, 0.2) is 0 Å². The molecule has 1 aliphatic rings. The van der Waals surface area contributed by atoms with Crippen LogP contribution in [0.5, 0.6) is 0 Å². The first-order valence-corrected chi connectivity index (χ1v) is 7.88. The minimum atomic E-state index is -0.683. The van der Waals surface area contributed by atoms with Crippen LogP contribution in [0.4, 0.5) is 0 Å². The maximum absolute atomic E-state index is 12.4. The SMILES string of the molecule is CC(C)CNC(=O)[C@@H]1CCCN1C(=O)[C@H](C)NC(=O)[C@H](C)N. The van der Waals surface area contributed by atoms with E-state index in [0.29, 0.717) is 25.4 Å². The van der Waals surface area contributed by atoms with Crippen molar-refractivity contribution in [1.29, 1.82) is 0 Å². The van der Waals surface area contributed by atoms with Gasteiger partial charge in [-0.1, -0.05) is 13.8 Å². The van der Waals surface area contributed by atoms with Crippen molar-refractivity contribution >= 4 is 17.7 Å². The summed E-state index contributed by atoms with van der Waals surface area (Å²) in [5.74, 6) is -0.374. The van der Waals surface area contributed by atoms with Crippen LogP contribution in [0.25, 0.3) is 0 Å². The van der Waals surface area contributed by atoms with Crippen LogP contribution in [0, 0.1) is 5.92 Å². The van der Waals surface area contributed by atoms with Crippen LogP contribution in [0.15, 0.2) is 0 Å². The predicted molar refractivity (Wildman–Crippen MR) is 83.8 cm³/mol. The lowest BCUT2D eigenvalue weighted by atomic mass is 10.1. The second kappa shape index (κ2) is 8.12. The molecule has 3 amide bonds. The van der Waals surface area contributed by atoms with Gasteiger partial charge >= 0.3 is 0 Å². The molecule has 22 heavy (non-hydrogen) atoms. The zero-order chi connectivity index (χ0) is 16.9. The number of nitrogens with one attached hydrogen (secondary N) is 2. The smallest absolute Gasteiger partial charge is 0.245 e. The van der Waals surface area contributed by atoms with E-state index in [2.05, 4.69) is 10.6 Å². The summed E-state index contributed by atoms with van der Waals surface area (Å²) in [6.45, 7) is 8.34. The topological polar surface area (TPSA) is 105 Å². The average molecular weight is 312 g/mol. The van der Waals surface area contributed by atoms with Gasteiger partial charge in [-0.15, -0.1) is 0 Å². The van der Waals surface area contributed by atoms with E-state index in [9.17, 15) is 14.4 Å². The molecule has 0 radical (unpaired) electrons. The van der Waals surface area contributed by atoms with Crippen molar-refractivity contribution in [2.45, 2.75) is 58.7 Å². The summed E-state index contributed by atoms with van der Waals surface area (Å²) >= 11 is 0. The van der Waals surface area contributed by atoms with Crippen LogP contribution in [-0.4, -0.2) is 53.8 Å². The van der Waals surface area contributed by atoms with Crippen LogP contribution >= 0.6 is 0 Å². The van der Waals surface area contributed by atoms with Gasteiger partial charge in [-0.05, 0) is 32.6 Å². The minimum Gasteiger partial charge on any atom is -0.354 e. The van der Waals surface area contributed by atoms with Gasteiger partial charge in [0, 0.05) is 13.1 Å². The van der Waals surface area contributed by atoms with Crippen LogP contribution in [-0.2, 0) is 14.4 Å². The fourth-order valence-electron chi connectivity index (χ4n) is 2.38. The summed E-state index contributed by atoms with van der Waals surface area (Å²) in [6, 6.07) is -1.79. The average Bonchev–Trinajstić information content (AvgIpc) is 2.92. The van der Waals surface area contributed by atoms with Gasteiger partial charge in [0.05, 0.1) is 6.04 Å². The molecule has 1 aliphatic heterocycles. The molecule has 4 N–H and O–H groups in total. The number of carbonyl (C=O) groups is 3. The first-order chi connectivity index (χ1) is 10.2. The van der Waals surface area contributed by atoms with Crippen molar-refractivity contribution in [2.24, 2.45) is 11.7 Å². The minimum absolute atomic E-state index is 0.120. The molecule has 0 aliphatic carbocycles. The molecule has 1 rings (SSSR count). The van der Waals surface area contributed by atoms with Gasteiger partial charge in [-0.3, -0.25) is 14.4 Å². The number of hydrogen-bond acceptors (Lipinski definition) is 4. The molecular formula is C15H28N4O3. The Morgan fingerprint density at radius 1 is 1.23 bits per heavy atom. The molecule has 126 valence electrons. The second-order valence-electron chi connectivity index (χ2n) is 6.35. The van der Waals surface area contributed by atoms with Crippen molar-refractivity contribution in [1.82, 2.24) is 15.5 Å². The fourth-order valence-corrected chi connectivity index (χ4v) is 2.38. The highest BCUT2D eigenvalue weighted by molar-refractivity contribution is 5.93. The van der Waals surface area contributed by atoms with Crippen LogP contribution in [0.2, 0.25) is 0 Å². The van der Waals surface area contributed by atoms with Gasteiger partial charge in [0.25, 0.3) is 0 Å². The lowest BCUT2D eigenvalue weighted by Crippen LogP contribution is -2.54. The summed E-state index contributed by atoms with van der Waals surface area (Å²) in [4.78, 5) is 37.8. The lowest BCUT2D eigenvalue weighted by molar-refractivity contribution is -0.141. The van der Waals surface area contributed by atoms with Crippen LogP contribution < -0.4 is 16.4 Å². The van der Waals surface area contributed by atoms with E-state index in [4.69, 9.17) is 5.73 Å². The number of nitrogens with two attached hydrogens (primary N) is 1. The van der Waals surface area contributed by atoms with Gasteiger partial charge in [0.2, 0.25) is 17.7 Å². The third kappa shape index (κ3) is 4.98. The molecule has 1 saturated heterocycles. The molecule has 0 aromatic carbocycles. The molecule has 7 nitrogen and oxygen atoms in total.